The minimum atomic E-state index is -0.185. The number of carbonyl (C=O) groups excluding carboxylic acids is 1. The minimum Gasteiger partial charge on any atom is -0.492 e. The van der Waals surface area contributed by atoms with Crippen LogP contribution < -0.4 is 19.5 Å². The molecule has 5 nitrogen and oxygen atoms in total. The Morgan fingerprint density at radius 3 is 2.15 bits per heavy atom. The van der Waals surface area contributed by atoms with Crippen LogP contribution in [0.5, 0.6) is 17.2 Å². The zero-order valence-electron chi connectivity index (χ0n) is 18.9. The van der Waals surface area contributed by atoms with Crippen molar-refractivity contribution in [2.45, 2.75) is 32.6 Å². The number of rotatable bonds is 13. The highest BCUT2D eigenvalue weighted by atomic mass is 79.9. The molecule has 0 spiro atoms. The lowest BCUT2D eigenvalue weighted by molar-refractivity contribution is 0.102. The molecule has 3 aromatic rings. The van der Waals surface area contributed by atoms with Crippen LogP contribution in [0.15, 0.2) is 77.3 Å². The number of para-hydroxylation sites is 1. The number of nitrogens with one attached hydrogen (secondary N) is 1. The van der Waals surface area contributed by atoms with Crippen molar-refractivity contribution < 1.29 is 19.0 Å². The molecule has 174 valence electrons. The van der Waals surface area contributed by atoms with Gasteiger partial charge in [-0.1, -0.05) is 44.4 Å². The van der Waals surface area contributed by atoms with Crippen LogP contribution in [0.2, 0.25) is 0 Å². The van der Waals surface area contributed by atoms with Crippen LogP contribution in [0.4, 0.5) is 5.69 Å². The first-order valence-electron chi connectivity index (χ1n) is 11.3. The summed E-state index contributed by atoms with van der Waals surface area (Å²) in [6.07, 6.45) is 4.62. The van der Waals surface area contributed by atoms with Gasteiger partial charge in [0.15, 0.2) is 0 Å². The second-order valence-electron chi connectivity index (χ2n) is 7.54. The lowest BCUT2D eigenvalue weighted by Crippen LogP contribution is -2.12. The van der Waals surface area contributed by atoms with E-state index in [9.17, 15) is 4.79 Å². The summed E-state index contributed by atoms with van der Waals surface area (Å²) in [7, 11) is 0. The van der Waals surface area contributed by atoms with Gasteiger partial charge in [0.25, 0.3) is 5.91 Å². The first-order valence-corrected chi connectivity index (χ1v) is 12.1. The van der Waals surface area contributed by atoms with Crippen LogP contribution in [-0.2, 0) is 0 Å². The van der Waals surface area contributed by atoms with Gasteiger partial charge in [-0.25, -0.2) is 0 Å². The molecule has 0 atom stereocenters. The fourth-order valence-corrected chi connectivity index (χ4v) is 3.64. The van der Waals surface area contributed by atoms with Gasteiger partial charge >= 0.3 is 0 Å². The predicted octanol–water partition coefficient (Wildman–Crippen LogP) is 7.12. The molecule has 33 heavy (non-hydrogen) atoms. The Balaban J connectivity index is 1.43. The maximum absolute atomic E-state index is 12.6. The molecule has 6 heteroatoms. The summed E-state index contributed by atoms with van der Waals surface area (Å²) in [5.74, 6) is 2.10. The first-order chi connectivity index (χ1) is 16.2. The summed E-state index contributed by atoms with van der Waals surface area (Å²) in [5.41, 5.74) is 1.25. The van der Waals surface area contributed by atoms with Gasteiger partial charge in [-0.15, -0.1) is 0 Å². The molecule has 0 bridgehead atoms. The van der Waals surface area contributed by atoms with Gasteiger partial charge in [-0.3, -0.25) is 4.79 Å². The molecule has 0 heterocycles. The number of unbranched alkanes of at least 4 members (excludes halogenated alkanes) is 3. The van der Waals surface area contributed by atoms with E-state index in [1.807, 2.05) is 60.7 Å². The predicted molar refractivity (Wildman–Crippen MR) is 136 cm³/mol. The number of anilines is 1. The van der Waals surface area contributed by atoms with Crippen LogP contribution >= 0.6 is 15.9 Å². The molecule has 0 fully saturated rings. The van der Waals surface area contributed by atoms with Gasteiger partial charge in [-0.2, -0.15) is 0 Å². The van der Waals surface area contributed by atoms with Gasteiger partial charge in [0, 0.05) is 11.3 Å². The van der Waals surface area contributed by atoms with E-state index >= 15 is 0 Å². The SMILES string of the molecule is CCCCCCOc1ccc(C(=O)Nc2ccc(OCCOc3ccccc3)cc2)cc1Br. The van der Waals surface area contributed by atoms with Crippen molar-refractivity contribution in [1.82, 2.24) is 0 Å². The van der Waals surface area contributed by atoms with E-state index in [4.69, 9.17) is 14.2 Å². The number of halogens is 1. The summed E-state index contributed by atoms with van der Waals surface area (Å²) in [4.78, 5) is 12.6. The van der Waals surface area contributed by atoms with Crippen molar-refractivity contribution in [2.24, 2.45) is 0 Å². The Hall–Kier alpha value is -2.99. The van der Waals surface area contributed by atoms with Crippen LogP contribution in [0.25, 0.3) is 0 Å². The highest BCUT2D eigenvalue weighted by Crippen LogP contribution is 2.27. The van der Waals surface area contributed by atoms with Gasteiger partial charge in [0.2, 0.25) is 0 Å². The molecule has 0 unspecified atom stereocenters. The van der Waals surface area contributed by atoms with Crippen molar-refractivity contribution in [3.05, 3.63) is 82.8 Å². The molecule has 0 aliphatic carbocycles. The van der Waals surface area contributed by atoms with Gasteiger partial charge in [-0.05, 0) is 76.9 Å². The van der Waals surface area contributed by atoms with E-state index in [2.05, 4.69) is 28.2 Å². The number of benzene rings is 3. The molecule has 0 saturated heterocycles. The first kappa shape index (κ1) is 24.6. The third-order valence-electron chi connectivity index (χ3n) is 4.93. The highest BCUT2D eigenvalue weighted by molar-refractivity contribution is 9.10. The van der Waals surface area contributed by atoms with Crippen molar-refractivity contribution in [1.29, 1.82) is 0 Å². The lowest BCUT2D eigenvalue weighted by atomic mass is 10.2. The van der Waals surface area contributed by atoms with Crippen molar-refractivity contribution in [2.75, 3.05) is 25.1 Å². The minimum absolute atomic E-state index is 0.185. The Morgan fingerprint density at radius 1 is 0.788 bits per heavy atom. The van der Waals surface area contributed by atoms with E-state index in [0.717, 1.165) is 22.4 Å². The molecule has 0 radical (unpaired) electrons. The number of carbonyl (C=O) groups is 1. The third kappa shape index (κ3) is 8.46. The van der Waals surface area contributed by atoms with E-state index in [1.165, 1.54) is 19.3 Å². The fraction of sp³-hybridized carbons (Fsp3) is 0.296. The highest BCUT2D eigenvalue weighted by Gasteiger charge is 2.10. The molecular formula is C27H30BrNO4. The van der Waals surface area contributed by atoms with E-state index in [0.29, 0.717) is 36.8 Å². The zero-order valence-corrected chi connectivity index (χ0v) is 20.5. The summed E-state index contributed by atoms with van der Waals surface area (Å²) in [6.45, 7) is 3.75. The van der Waals surface area contributed by atoms with Crippen molar-refractivity contribution in [3.8, 4) is 17.2 Å². The molecule has 0 aliphatic heterocycles. The van der Waals surface area contributed by atoms with Crippen LogP contribution in [0.1, 0.15) is 43.0 Å². The largest absolute Gasteiger partial charge is 0.492 e. The lowest BCUT2D eigenvalue weighted by Gasteiger charge is -2.11. The second kappa shape index (κ2) is 13.5. The van der Waals surface area contributed by atoms with Crippen LogP contribution in [0, 0.1) is 0 Å². The van der Waals surface area contributed by atoms with E-state index < -0.39 is 0 Å². The van der Waals surface area contributed by atoms with Gasteiger partial charge in [0.1, 0.15) is 30.5 Å². The van der Waals surface area contributed by atoms with Crippen LogP contribution in [0.3, 0.4) is 0 Å². The number of hydrogen-bond acceptors (Lipinski definition) is 4. The Morgan fingerprint density at radius 2 is 1.48 bits per heavy atom. The Labute approximate surface area is 204 Å². The molecule has 1 amide bonds. The maximum atomic E-state index is 12.6. The smallest absolute Gasteiger partial charge is 0.255 e. The molecule has 1 N–H and O–H groups in total. The number of ether oxygens (including phenoxy) is 3. The molecule has 3 aromatic carbocycles. The molecule has 0 aliphatic rings. The monoisotopic (exact) mass is 511 g/mol. The second-order valence-corrected chi connectivity index (χ2v) is 8.40. The Bertz CT molecular complexity index is 993. The Kier molecular flexibility index (Phi) is 10.1. The fourth-order valence-electron chi connectivity index (χ4n) is 3.14. The number of hydrogen-bond donors (Lipinski definition) is 1. The quantitative estimate of drug-likeness (QED) is 0.248. The average Bonchev–Trinajstić information content (AvgIpc) is 2.84. The van der Waals surface area contributed by atoms with Crippen LogP contribution in [-0.4, -0.2) is 25.7 Å². The normalized spacial score (nSPS) is 10.5. The molecular weight excluding hydrogens is 482 g/mol. The molecule has 0 saturated carbocycles. The van der Waals surface area contributed by atoms with Gasteiger partial charge < -0.3 is 19.5 Å². The summed E-state index contributed by atoms with van der Waals surface area (Å²) in [5, 5.41) is 2.91. The van der Waals surface area contributed by atoms with Gasteiger partial charge in [0.05, 0.1) is 11.1 Å². The third-order valence-corrected chi connectivity index (χ3v) is 5.55. The maximum Gasteiger partial charge on any atom is 0.255 e. The summed E-state index contributed by atoms with van der Waals surface area (Å²) < 4.78 is 17.9. The molecule has 0 aromatic heterocycles. The van der Waals surface area contributed by atoms with E-state index in [1.54, 1.807) is 12.1 Å². The van der Waals surface area contributed by atoms with Crippen molar-refractivity contribution in [3.63, 3.8) is 0 Å². The topological polar surface area (TPSA) is 56.8 Å². The average molecular weight is 512 g/mol. The standard InChI is InChI=1S/C27H30BrNO4/c1-2-3-4-8-17-33-26-16-11-21(20-25(26)28)27(30)29-22-12-14-24(15-13-22)32-19-18-31-23-9-6-5-7-10-23/h5-7,9-16,20H,2-4,8,17-19H2,1H3,(H,29,30). The number of amides is 1. The molecule has 3 rings (SSSR count). The van der Waals surface area contributed by atoms with E-state index in [-0.39, 0.29) is 5.91 Å². The zero-order chi connectivity index (χ0) is 23.3. The summed E-state index contributed by atoms with van der Waals surface area (Å²) >= 11 is 3.51. The van der Waals surface area contributed by atoms with Crippen molar-refractivity contribution >= 4 is 27.5 Å². The summed E-state index contributed by atoms with van der Waals surface area (Å²) in [6, 6.07) is 22.3.